The van der Waals surface area contributed by atoms with E-state index in [1.807, 2.05) is 6.92 Å². The van der Waals surface area contributed by atoms with E-state index in [2.05, 4.69) is 4.98 Å². The number of pyridine rings is 1. The molecule has 1 heterocycles. The summed E-state index contributed by atoms with van der Waals surface area (Å²) in [5.41, 5.74) is 6.43. The number of carbonyl (C=O) groups excluding carboxylic acids is 1. The van der Waals surface area contributed by atoms with Crippen molar-refractivity contribution in [2.75, 3.05) is 39.7 Å². The molecule has 1 amide bonds. The van der Waals surface area contributed by atoms with Crippen LogP contribution in [0.15, 0.2) is 18.3 Å². The summed E-state index contributed by atoms with van der Waals surface area (Å²) in [5, 5.41) is 0. The largest absolute Gasteiger partial charge is 0.397 e. The van der Waals surface area contributed by atoms with Gasteiger partial charge in [0.1, 0.15) is 0 Å². The standard InChI is InChI=1S/C13H21N3O3/c1-10(9-19-3)16(7-8-18-2)13(17)12-11(14)5-4-6-15-12/h4-6,10H,7-9,14H2,1-3H3. The maximum atomic E-state index is 12.5. The second-order valence-corrected chi connectivity index (χ2v) is 4.24. The molecule has 0 radical (unpaired) electrons. The fraction of sp³-hybridized carbons (Fsp3) is 0.538. The van der Waals surface area contributed by atoms with Crippen LogP contribution in [-0.2, 0) is 9.47 Å². The van der Waals surface area contributed by atoms with E-state index in [0.29, 0.717) is 25.4 Å². The van der Waals surface area contributed by atoms with Crippen molar-refractivity contribution in [3.8, 4) is 0 Å². The molecule has 1 aromatic rings. The van der Waals surface area contributed by atoms with Gasteiger partial charge in [0, 0.05) is 27.0 Å². The van der Waals surface area contributed by atoms with E-state index in [1.165, 1.54) is 0 Å². The van der Waals surface area contributed by atoms with Crippen LogP contribution in [0.25, 0.3) is 0 Å². The second-order valence-electron chi connectivity index (χ2n) is 4.24. The fourth-order valence-electron chi connectivity index (χ4n) is 1.78. The van der Waals surface area contributed by atoms with Crippen molar-refractivity contribution in [1.29, 1.82) is 0 Å². The fourth-order valence-corrected chi connectivity index (χ4v) is 1.78. The number of nitrogens with two attached hydrogens (primary N) is 1. The summed E-state index contributed by atoms with van der Waals surface area (Å²) in [4.78, 5) is 18.2. The summed E-state index contributed by atoms with van der Waals surface area (Å²) < 4.78 is 10.1. The Morgan fingerprint density at radius 1 is 1.47 bits per heavy atom. The Bertz CT molecular complexity index is 412. The third kappa shape index (κ3) is 4.18. The van der Waals surface area contributed by atoms with Gasteiger partial charge in [0.2, 0.25) is 0 Å². The van der Waals surface area contributed by atoms with Crippen LogP contribution in [0.1, 0.15) is 17.4 Å². The highest BCUT2D eigenvalue weighted by atomic mass is 16.5. The Labute approximate surface area is 113 Å². The van der Waals surface area contributed by atoms with E-state index in [9.17, 15) is 4.79 Å². The molecular weight excluding hydrogens is 246 g/mol. The molecule has 1 rings (SSSR count). The molecule has 1 atom stereocenters. The average molecular weight is 267 g/mol. The van der Waals surface area contributed by atoms with Crippen molar-refractivity contribution < 1.29 is 14.3 Å². The Kier molecular flexibility index (Phi) is 6.24. The lowest BCUT2D eigenvalue weighted by molar-refractivity contribution is 0.0475. The molecule has 106 valence electrons. The highest BCUT2D eigenvalue weighted by Crippen LogP contribution is 2.13. The minimum absolute atomic E-state index is 0.0749. The van der Waals surface area contributed by atoms with Crippen molar-refractivity contribution in [3.05, 3.63) is 24.0 Å². The van der Waals surface area contributed by atoms with Crippen molar-refractivity contribution in [2.45, 2.75) is 13.0 Å². The lowest BCUT2D eigenvalue weighted by atomic mass is 10.2. The number of amides is 1. The molecule has 0 fully saturated rings. The van der Waals surface area contributed by atoms with Gasteiger partial charge in [-0.25, -0.2) is 4.98 Å². The number of ether oxygens (including phenoxy) is 2. The van der Waals surface area contributed by atoms with Gasteiger partial charge >= 0.3 is 0 Å². The molecule has 0 aliphatic carbocycles. The maximum Gasteiger partial charge on any atom is 0.274 e. The van der Waals surface area contributed by atoms with E-state index in [0.717, 1.165) is 0 Å². The average Bonchev–Trinajstić information content (AvgIpc) is 2.39. The predicted octanol–water partition coefficient (Wildman–Crippen LogP) is 0.787. The molecule has 1 unspecified atom stereocenters. The van der Waals surface area contributed by atoms with Crippen LogP contribution in [0.2, 0.25) is 0 Å². The molecule has 0 aliphatic heterocycles. The van der Waals surface area contributed by atoms with Gasteiger partial charge in [0.15, 0.2) is 5.69 Å². The lowest BCUT2D eigenvalue weighted by Gasteiger charge is -2.28. The zero-order valence-electron chi connectivity index (χ0n) is 11.6. The third-order valence-corrected chi connectivity index (χ3v) is 2.78. The van der Waals surface area contributed by atoms with Crippen molar-refractivity contribution >= 4 is 11.6 Å². The number of hydrogen-bond acceptors (Lipinski definition) is 5. The quantitative estimate of drug-likeness (QED) is 0.790. The molecule has 2 N–H and O–H groups in total. The third-order valence-electron chi connectivity index (χ3n) is 2.78. The van der Waals surface area contributed by atoms with Crippen LogP contribution in [0.3, 0.4) is 0 Å². The molecule has 0 spiro atoms. The Morgan fingerprint density at radius 3 is 2.79 bits per heavy atom. The first-order valence-electron chi connectivity index (χ1n) is 6.11. The summed E-state index contributed by atoms with van der Waals surface area (Å²) in [7, 11) is 3.20. The van der Waals surface area contributed by atoms with Gasteiger partial charge in [0.05, 0.1) is 24.9 Å². The number of nitrogens with zero attached hydrogens (tertiary/aromatic N) is 2. The van der Waals surface area contributed by atoms with Gasteiger partial charge in [0.25, 0.3) is 5.91 Å². The number of rotatable bonds is 7. The van der Waals surface area contributed by atoms with E-state index in [1.54, 1.807) is 37.4 Å². The summed E-state index contributed by atoms with van der Waals surface area (Å²) >= 11 is 0. The molecule has 0 saturated heterocycles. The van der Waals surface area contributed by atoms with Crippen LogP contribution in [0.5, 0.6) is 0 Å². The number of methoxy groups -OCH3 is 2. The Morgan fingerprint density at radius 2 is 2.21 bits per heavy atom. The number of aromatic nitrogens is 1. The first kappa shape index (κ1) is 15.4. The number of anilines is 1. The topological polar surface area (TPSA) is 77.7 Å². The van der Waals surface area contributed by atoms with Gasteiger partial charge in [-0.2, -0.15) is 0 Å². The highest BCUT2D eigenvalue weighted by molar-refractivity contribution is 5.97. The van der Waals surface area contributed by atoms with Crippen molar-refractivity contribution in [3.63, 3.8) is 0 Å². The second kappa shape index (κ2) is 7.70. The zero-order chi connectivity index (χ0) is 14.3. The van der Waals surface area contributed by atoms with E-state index >= 15 is 0 Å². The van der Waals surface area contributed by atoms with Gasteiger partial charge in [-0.3, -0.25) is 4.79 Å². The number of nitrogen functional groups attached to an aromatic ring is 1. The molecule has 1 aromatic heterocycles. The van der Waals surface area contributed by atoms with Gasteiger partial charge in [-0.05, 0) is 19.1 Å². The smallest absolute Gasteiger partial charge is 0.274 e. The summed E-state index contributed by atoms with van der Waals surface area (Å²) in [6.45, 7) is 3.28. The maximum absolute atomic E-state index is 12.5. The van der Waals surface area contributed by atoms with E-state index in [-0.39, 0.29) is 17.6 Å². The SMILES string of the molecule is COCCN(C(=O)c1ncccc1N)C(C)COC. The van der Waals surface area contributed by atoms with Crippen LogP contribution in [-0.4, -0.2) is 55.8 Å². The Hall–Kier alpha value is -1.66. The first-order valence-corrected chi connectivity index (χ1v) is 6.11. The molecule has 0 saturated carbocycles. The molecule has 0 aliphatic rings. The highest BCUT2D eigenvalue weighted by Gasteiger charge is 2.23. The Balaban J connectivity index is 2.90. The molecule has 0 aromatic carbocycles. The molecule has 6 heteroatoms. The lowest BCUT2D eigenvalue weighted by Crippen LogP contribution is -2.43. The molecule has 6 nitrogen and oxygen atoms in total. The normalized spacial score (nSPS) is 12.2. The van der Waals surface area contributed by atoms with Crippen LogP contribution in [0, 0.1) is 0 Å². The minimum atomic E-state index is -0.209. The van der Waals surface area contributed by atoms with Crippen molar-refractivity contribution in [2.24, 2.45) is 0 Å². The number of hydrogen-bond donors (Lipinski definition) is 1. The number of carbonyl (C=O) groups is 1. The van der Waals surface area contributed by atoms with Crippen LogP contribution < -0.4 is 5.73 Å². The predicted molar refractivity (Wildman–Crippen MR) is 72.9 cm³/mol. The van der Waals surface area contributed by atoms with Gasteiger partial charge in [-0.1, -0.05) is 0 Å². The minimum Gasteiger partial charge on any atom is -0.397 e. The van der Waals surface area contributed by atoms with Crippen LogP contribution in [0.4, 0.5) is 5.69 Å². The van der Waals surface area contributed by atoms with Gasteiger partial charge < -0.3 is 20.1 Å². The summed E-state index contributed by atoms with van der Waals surface area (Å²) in [6, 6.07) is 3.29. The van der Waals surface area contributed by atoms with E-state index in [4.69, 9.17) is 15.2 Å². The summed E-state index contributed by atoms with van der Waals surface area (Å²) in [5.74, 6) is -0.209. The molecule has 19 heavy (non-hydrogen) atoms. The monoisotopic (exact) mass is 267 g/mol. The van der Waals surface area contributed by atoms with Gasteiger partial charge in [-0.15, -0.1) is 0 Å². The summed E-state index contributed by atoms with van der Waals surface area (Å²) in [6.07, 6.45) is 1.55. The first-order chi connectivity index (χ1) is 9.11. The molecule has 0 bridgehead atoms. The molecular formula is C13H21N3O3. The zero-order valence-corrected chi connectivity index (χ0v) is 11.6. The van der Waals surface area contributed by atoms with Crippen LogP contribution >= 0.6 is 0 Å². The van der Waals surface area contributed by atoms with Crippen molar-refractivity contribution in [1.82, 2.24) is 9.88 Å². The van der Waals surface area contributed by atoms with E-state index < -0.39 is 0 Å².